The number of hydrogen-bond donors (Lipinski definition) is 2. The Balaban J connectivity index is 2.25. The first-order chi connectivity index (χ1) is 6.00. The molecule has 0 radical (unpaired) electrons. The third kappa shape index (κ3) is 2.67. The van der Waals surface area contributed by atoms with Gasteiger partial charge >= 0.3 is 0 Å². The number of rotatable bonds is 3. The molecule has 4 nitrogen and oxygen atoms in total. The predicted molar refractivity (Wildman–Crippen MR) is 52.2 cm³/mol. The second-order valence-electron chi connectivity index (χ2n) is 4.20. The van der Waals surface area contributed by atoms with Crippen molar-refractivity contribution in [2.24, 2.45) is 11.7 Å². The number of hydrogen-bond acceptors (Lipinski definition) is 3. The molecule has 0 aromatic rings. The summed E-state index contributed by atoms with van der Waals surface area (Å²) >= 11 is 0. The Hall–Kier alpha value is -0.610. The van der Waals surface area contributed by atoms with Gasteiger partial charge in [-0.2, -0.15) is 0 Å². The lowest BCUT2D eigenvalue weighted by atomic mass is 10.0. The van der Waals surface area contributed by atoms with Gasteiger partial charge in [-0.1, -0.05) is 13.8 Å². The minimum atomic E-state index is -0.370. The second-order valence-corrected chi connectivity index (χ2v) is 4.20. The maximum atomic E-state index is 11.4. The number of likely N-dealkylation sites (tertiary alicyclic amines) is 1. The third-order valence-electron chi connectivity index (χ3n) is 2.43. The first kappa shape index (κ1) is 10.5. The fourth-order valence-electron chi connectivity index (χ4n) is 1.39. The van der Waals surface area contributed by atoms with Crippen LogP contribution in [0.3, 0.4) is 0 Å². The van der Waals surface area contributed by atoms with Gasteiger partial charge in [0, 0.05) is 13.1 Å². The number of nitrogens with two attached hydrogens (primary N) is 1. The summed E-state index contributed by atoms with van der Waals surface area (Å²) in [6.45, 7) is 5.79. The molecule has 1 aliphatic heterocycles. The topological polar surface area (TPSA) is 58.4 Å². The summed E-state index contributed by atoms with van der Waals surface area (Å²) in [5.74, 6) is 0.186. The normalized spacial score (nSPS) is 21.3. The number of carbonyl (C=O) groups excluding carboxylic acids is 1. The molecule has 3 N–H and O–H groups in total. The van der Waals surface area contributed by atoms with Crippen molar-refractivity contribution >= 4 is 5.91 Å². The van der Waals surface area contributed by atoms with Gasteiger partial charge in [0.05, 0.1) is 12.1 Å². The lowest BCUT2D eigenvalue weighted by Crippen LogP contribution is -2.60. The highest BCUT2D eigenvalue weighted by atomic mass is 16.2. The Morgan fingerprint density at radius 3 is 2.46 bits per heavy atom. The molecule has 0 aromatic heterocycles. The number of amides is 1. The van der Waals surface area contributed by atoms with Gasteiger partial charge in [-0.25, -0.2) is 0 Å². The van der Waals surface area contributed by atoms with Crippen LogP contribution in [0.4, 0.5) is 0 Å². The van der Waals surface area contributed by atoms with Crippen LogP contribution in [0.2, 0.25) is 0 Å². The lowest BCUT2D eigenvalue weighted by Gasteiger charge is -2.37. The standard InChI is InChI=1S/C9H19N3O/c1-6(2)8(10)9(13)11-7-4-12(3)5-7/h6-8H,4-5,10H2,1-3H3,(H,11,13)/t8-/m1/s1. The lowest BCUT2D eigenvalue weighted by molar-refractivity contribution is -0.124. The van der Waals surface area contributed by atoms with Gasteiger partial charge in [0.1, 0.15) is 0 Å². The van der Waals surface area contributed by atoms with E-state index in [0.29, 0.717) is 6.04 Å². The molecule has 0 aliphatic carbocycles. The molecule has 0 spiro atoms. The van der Waals surface area contributed by atoms with E-state index in [1.54, 1.807) is 0 Å². The highest BCUT2D eigenvalue weighted by Crippen LogP contribution is 2.05. The van der Waals surface area contributed by atoms with Crippen LogP contribution >= 0.6 is 0 Å². The van der Waals surface area contributed by atoms with Gasteiger partial charge in [-0.15, -0.1) is 0 Å². The minimum absolute atomic E-state index is 0.0203. The van der Waals surface area contributed by atoms with E-state index in [0.717, 1.165) is 13.1 Å². The van der Waals surface area contributed by atoms with E-state index in [-0.39, 0.29) is 17.9 Å². The average Bonchev–Trinajstić information content (AvgIpc) is 2.00. The molecule has 1 heterocycles. The molecule has 1 fully saturated rings. The summed E-state index contributed by atoms with van der Waals surface area (Å²) in [6.07, 6.45) is 0. The summed E-state index contributed by atoms with van der Waals surface area (Å²) in [5, 5.41) is 2.92. The summed E-state index contributed by atoms with van der Waals surface area (Å²) in [5.41, 5.74) is 5.70. The van der Waals surface area contributed by atoms with Crippen molar-refractivity contribution in [1.82, 2.24) is 10.2 Å². The molecule has 4 heteroatoms. The molecule has 1 aliphatic rings. The highest BCUT2D eigenvalue weighted by molar-refractivity contribution is 5.82. The molecule has 0 unspecified atom stereocenters. The van der Waals surface area contributed by atoms with Crippen LogP contribution in [-0.2, 0) is 4.79 Å². The Morgan fingerprint density at radius 2 is 2.08 bits per heavy atom. The van der Waals surface area contributed by atoms with Crippen LogP contribution in [0.25, 0.3) is 0 Å². The van der Waals surface area contributed by atoms with Crippen molar-refractivity contribution < 1.29 is 4.79 Å². The smallest absolute Gasteiger partial charge is 0.237 e. The molecule has 13 heavy (non-hydrogen) atoms. The Bertz CT molecular complexity index is 187. The Labute approximate surface area is 79.5 Å². The van der Waals surface area contributed by atoms with Crippen LogP contribution in [0.1, 0.15) is 13.8 Å². The van der Waals surface area contributed by atoms with E-state index in [4.69, 9.17) is 5.73 Å². The Morgan fingerprint density at radius 1 is 1.54 bits per heavy atom. The minimum Gasteiger partial charge on any atom is -0.349 e. The fraction of sp³-hybridized carbons (Fsp3) is 0.889. The van der Waals surface area contributed by atoms with Gasteiger partial charge in [0.25, 0.3) is 0 Å². The van der Waals surface area contributed by atoms with Gasteiger partial charge in [0.2, 0.25) is 5.91 Å². The van der Waals surface area contributed by atoms with Crippen molar-refractivity contribution in [3.05, 3.63) is 0 Å². The molecule has 0 bridgehead atoms. The molecule has 0 saturated carbocycles. The van der Waals surface area contributed by atoms with Crippen molar-refractivity contribution in [3.63, 3.8) is 0 Å². The predicted octanol–water partition coefficient (Wildman–Crippen LogP) is -0.600. The molecule has 0 aromatic carbocycles. The fourth-order valence-corrected chi connectivity index (χ4v) is 1.39. The quantitative estimate of drug-likeness (QED) is 0.617. The third-order valence-corrected chi connectivity index (χ3v) is 2.43. The van der Waals surface area contributed by atoms with Crippen molar-refractivity contribution in [2.75, 3.05) is 20.1 Å². The van der Waals surface area contributed by atoms with Crippen LogP contribution in [0, 0.1) is 5.92 Å². The maximum Gasteiger partial charge on any atom is 0.237 e. The molecule has 1 rings (SSSR count). The summed E-state index contributed by atoms with van der Waals surface area (Å²) in [7, 11) is 2.03. The van der Waals surface area contributed by atoms with Crippen molar-refractivity contribution in [3.8, 4) is 0 Å². The first-order valence-corrected chi connectivity index (χ1v) is 4.75. The van der Waals surface area contributed by atoms with Gasteiger partial charge in [-0.05, 0) is 13.0 Å². The second kappa shape index (κ2) is 4.07. The first-order valence-electron chi connectivity index (χ1n) is 4.75. The van der Waals surface area contributed by atoms with Crippen molar-refractivity contribution in [2.45, 2.75) is 25.9 Å². The van der Waals surface area contributed by atoms with E-state index in [1.165, 1.54) is 0 Å². The zero-order chi connectivity index (χ0) is 10.0. The number of nitrogens with one attached hydrogen (secondary N) is 1. The van der Waals surface area contributed by atoms with E-state index in [9.17, 15) is 4.79 Å². The van der Waals surface area contributed by atoms with Gasteiger partial charge < -0.3 is 16.0 Å². The van der Waals surface area contributed by atoms with E-state index in [2.05, 4.69) is 10.2 Å². The SMILES string of the molecule is CC(C)[C@@H](N)C(=O)NC1CN(C)C1. The molecule has 76 valence electrons. The molecular formula is C9H19N3O. The zero-order valence-corrected chi connectivity index (χ0v) is 8.58. The summed E-state index contributed by atoms with van der Waals surface area (Å²) < 4.78 is 0. The van der Waals surface area contributed by atoms with Crippen LogP contribution in [0.5, 0.6) is 0 Å². The van der Waals surface area contributed by atoms with Crippen LogP contribution in [0.15, 0.2) is 0 Å². The molecular weight excluding hydrogens is 166 g/mol. The average molecular weight is 185 g/mol. The number of likely N-dealkylation sites (N-methyl/N-ethyl adjacent to an activating group) is 1. The maximum absolute atomic E-state index is 11.4. The largest absolute Gasteiger partial charge is 0.349 e. The number of carbonyl (C=O) groups is 1. The Kier molecular flexibility index (Phi) is 3.27. The van der Waals surface area contributed by atoms with E-state index >= 15 is 0 Å². The summed E-state index contributed by atoms with van der Waals surface area (Å²) in [4.78, 5) is 13.6. The number of nitrogens with zero attached hydrogens (tertiary/aromatic N) is 1. The van der Waals surface area contributed by atoms with Crippen molar-refractivity contribution in [1.29, 1.82) is 0 Å². The van der Waals surface area contributed by atoms with E-state index in [1.807, 2.05) is 20.9 Å². The molecule has 1 atom stereocenters. The zero-order valence-electron chi connectivity index (χ0n) is 8.58. The van der Waals surface area contributed by atoms with Gasteiger partial charge in [0.15, 0.2) is 0 Å². The molecule has 1 saturated heterocycles. The van der Waals surface area contributed by atoms with Crippen LogP contribution in [-0.4, -0.2) is 43.0 Å². The van der Waals surface area contributed by atoms with Gasteiger partial charge in [-0.3, -0.25) is 4.79 Å². The monoisotopic (exact) mass is 185 g/mol. The molecule has 1 amide bonds. The van der Waals surface area contributed by atoms with Crippen LogP contribution < -0.4 is 11.1 Å². The highest BCUT2D eigenvalue weighted by Gasteiger charge is 2.27. The van der Waals surface area contributed by atoms with E-state index < -0.39 is 0 Å². The summed E-state index contributed by atoms with van der Waals surface area (Å²) in [6, 6.07) is -0.0618.